The standard InChI is InChI=1S/C10H17N3O3/c1-4-7(12-2)5-8(11)10(15)13-6-9(14)16-3/h4,8H,2,5-6,11H2,1,3H3,(H,13,15)/b7-4-. The van der Waals surface area contributed by atoms with E-state index >= 15 is 0 Å². The van der Waals surface area contributed by atoms with Crippen LogP contribution in [0.2, 0.25) is 0 Å². The predicted molar refractivity (Wildman–Crippen MR) is 60.9 cm³/mol. The lowest BCUT2D eigenvalue weighted by Gasteiger charge is -2.11. The third kappa shape index (κ3) is 5.26. The van der Waals surface area contributed by atoms with Gasteiger partial charge in [-0.15, -0.1) is 0 Å². The largest absolute Gasteiger partial charge is 0.468 e. The lowest BCUT2D eigenvalue weighted by Crippen LogP contribution is -2.42. The highest BCUT2D eigenvalue weighted by Crippen LogP contribution is 2.04. The first-order valence-corrected chi connectivity index (χ1v) is 4.77. The summed E-state index contributed by atoms with van der Waals surface area (Å²) in [7, 11) is 1.24. The first kappa shape index (κ1) is 14.3. The highest BCUT2D eigenvalue weighted by molar-refractivity contribution is 5.85. The monoisotopic (exact) mass is 227 g/mol. The van der Waals surface area contributed by atoms with E-state index in [1.165, 1.54) is 7.11 Å². The minimum absolute atomic E-state index is 0.185. The lowest BCUT2D eigenvalue weighted by atomic mass is 10.1. The number of esters is 1. The average Bonchev–Trinajstić information content (AvgIpc) is 2.31. The third-order valence-electron chi connectivity index (χ3n) is 1.94. The van der Waals surface area contributed by atoms with Crippen molar-refractivity contribution in [2.75, 3.05) is 13.7 Å². The molecule has 1 amide bonds. The van der Waals surface area contributed by atoms with Crippen LogP contribution >= 0.6 is 0 Å². The van der Waals surface area contributed by atoms with Crippen LogP contribution in [0.5, 0.6) is 0 Å². The molecule has 0 fully saturated rings. The molecule has 0 aromatic heterocycles. The highest BCUT2D eigenvalue weighted by atomic mass is 16.5. The lowest BCUT2D eigenvalue weighted by molar-refractivity contribution is -0.141. The molecule has 0 rings (SSSR count). The number of rotatable bonds is 6. The molecule has 0 aliphatic heterocycles. The second-order valence-electron chi connectivity index (χ2n) is 3.04. The number of ether oxygens (including phenoxy) is 1. The Morgan fingerprint density at radius 3 is 2.69 bits per heavy atom. The number of nitrogens with zero attached hydrogens (tertiary/aromatic N) is 1. The van der Waals surface area contributed by atoms with Gasteiger partial charge in [0, 0.05) is 12.1 Å². The minimum Gasteiger partial charge on any atom is -0.468 e. The number of aliphatic imine (C=N–C) groups is 1. The molecule has 0 saturated carbocycles. The maximum atomic E-state index is 11.4. The Balaban J connectivity index is 4.09. The van der Waals surface area contributed by atoms with E-state index in [4.69, 9.17) is 5.73 Å². The maximum Gasteiger partial charge on any atom is 0.325 e. The molecule has 0 spiro atoms. The zero-order valence-corrected chi connectivity index (χ0v) is 9.53. The normalized spacial score (nSPS) is 12.8. The fraction of sp³-hybridized carbons (Fsp3) is 0.500. The molecule has 0 radical (unpaired) electrons. The number of hydrogen-bond donors (Lipinski definition) is 2. The number of carbonyl (C=O) groups excluding carboxylic acids is 2. The Morgan fingerprint density at radius 2 is 2.25 bits per heavy atom. The fourth-order valence-electron chi connectivity index (χ4n) is 0.954. The van der Waals surface area contributed by atoms with Gasteiger partial charge < -0.3 is 15.8 Å². The van der Waals surface area contributed by atoms with Crippen LogP contribution in [0.3, 0.4) is 0 Å². The summed E-state index contributed by atoms with van der Waals surface area (Å²) >= 11 is 0. The minimum atomic E-state index is -0.749. The van der Waals surface area contributed by atoms with Gasteiger partial charge in [-0.1, -0.05) is 6.08 Å². The highest BCUT2D eigenvalue weighted by Gasteiger charge is 2.15. The summed E-state index contributed by atoms with van der Waals surface area (Å²) in [4.78, 5) is 25.9. The van der Waals surface area contributed by atoms with Gasteiger partial charge in [0.05, 0.1) is 13.2 Å². The molecule has 1 atom stereocenters. The van der Waals surface area contributed by atoms with Crippen LogP contribution in [0.1, 0.15) is 13.3 Å². The quantitative estimate of drug-likeness (QED) is 0.477. The fourth-order valence-corrected chi connectivity index (χ4v) is 0.954. The predicted octanol–water partition coefficient (Wildman–Crippen LogP) is -0.403. The van der Waals surface area contributed by atoms with Crippen molar-refractivity contribution in [1.29, 1.82) is 0 Å². The molecule has 3 N–H and O–H groups in total. The van der Waals surface area contributed by atoms with Crippen molar-refractivity contribution in [3.8, 4) is 0 Å². The Labute approximate surface area is 94.6 Å². The van der Waals surface area contributed by atoms with Crippen LogP contribution in [0.15, 0.2) is 16.8 Å². The van der Waals surface area contributed by atoms with Crippen molar-refractivity contribution < 1.29 is 14.3 Å². The molecule has 0 saturated heterocycles. The van der Waals surface area contributed by atoms with Gasteiger partial charge in [-0.25, -0.2) is 0 Å². The summed E-state index contributed by atoms with van der Waals surface area (Å²) in [6.45, 7) is 4.95. The number of methoxy groups -OCH3 is 1. The Morgan fingerprint density at radius 1 is 1.62 bits per heavy atom. The third-order valence-corrected chi connectivity index (χ3v) is 1.94. The molecular weight excluding hydrogens is 210 g/mol. The number of nitrogens with two attached hydrogens (primary N) is 1. The van der Waals surface area contributed by atoms with Gasteiger partial charge in [0.2, 0.25) is 5.91 Å². The van der Waals surface area contributed by atoms with Crippen molar-refractivity contribution in [1.82, 2.24) is 5.32 Å². The van der Waals surface area contributed by atoms with Gasteiger partial charge in [0.15, 0.2) is 0 Å². The second kappa shape index (κ2) is 7.58. The van der Waals surface area contributed by atoms with E-state index in [-0.39, 0.29) is 13.0 Å². The van der Waals surface area contributed by atoms with E-state index in [9.17, 15) is 9.59 Å². The van der Waals surface area contributed by atoms with E-state index in [0.717, 1.165) is 0 Å². The molecule has 0 bridgehead atoms. The van der Waals surface area contributed by atoms with Gasteiger partial charge in [-0.2, -0.15) is 0 Å². The molecule has 0 aliphatic carbocycles. The molecule has 0 aromatic rings. The molecule has 0 heterocycles. The zero-order valence-electron chi connectivity index (χ0n) is 9.53. The van der Waals surface area contributed by atoms with Crippen molar-refractivity contribution in [2.24, 2.45) is 10.7 Å². The summed E-state index contributed by atoms with van der Waals surface area (Å²) in [5.41, 5.74) is 6.24. The van der Waals surface area contributed by atoms with Gasteiger partial charge >= 0.3 is 5.97 Å². The topological polar surface area (TPSA) is 93.8 Å². The number of carbonyl (C=O) groups is 2. The molecule has 0 aliphatic rings. The van der Waals surface area contributed by atoms with Crippen LogP contribution < -0.4 is 11.1 Å². The summed E-state index contributed by atoms with van der Waals surface area (Å²) in [5, 5.41) is 2.36. The van der Waals surface area contributed by atoms with Crippen molar-refractivity contribution >= 4 is 18.6 Å². The van der Waals surface area contributed by atoms with E-state index in [1.807, 2.05) is 0 Å². The Bertz CT molecular complexity index is 300. The molecule has 1 unspecified atom stereocenters. The van der Waals surface area contributed by atoms with Gasteiger partial charge in [0.25, 0.3) is 0 Å². The van der Waals surface area contributed by atoms with Gasteiger partial charge in [-0.05, 0) is 13.6 Å². The maximum absolute atomic E-state index is 11.4. The van der Waals surface area contributed by atoms with E-state index < -0.39 is 17.9 Å². The Hall–Kier alpha value is -1.69. The van der Waals surface area contributed by atoms with Gasteiger partial charge in [-0.3, -0.25) is 14.6 Å². The summed E-state index contributed by atoms with van der Waals surface area (Å²) in [6, 6.07) is -0.749. The molecule has 0 aromatic carbocycles. The van der Waals surface area contributed by atoms with Crippen molar-refractivity contribution in [2.45, 2.75) is 19.4 Å². The van der Waals surface area contributed by atoms with Gasteiger partial charge in [0.1, 0.15) is 6.54 Å². The number of hydrogen-bond acceptors (Lipinski definition) is 5. The second-order valence-corrected chi connectivity index (χ2v) is 3.04. The van der Waals surface area contributed by atoms with Crippen LogP contribution in [0.4, 0.5) is 0 Å². The van der Waals surface area contributed by atoms with Crippen LogP contribution in [0.25, 0.3) is 0 Å². The SMILES string of the molecule is C=N/C(=C\C)CC(N)C(=O)NCC(=O)OC. The van der Waals surface area contributed by atoms with Crippen LogP contribution in [0, 0.1) is 0 Å². The summed E-state index contributed by atoms with van der Waals surface area (Å²) in [6.07, 6.45) is 2.01. The van der Waals surface area contributed by atoms with Crippen LogP contribution in [-0.4, -0.2) is 38.3 Å². The van der Waals surface area contributed by atoms with E-state index in [1.54, 1.807) is 13.0 Å². The van der Waals surface area contributed by atoms with Crippen LogP contribution in [-0.2, 0) is 14.3 Å². The smallest absolute Gasteiger partial charge is 0.325 e. The zero-order chi connectivity index (χ0) is 12.6. The van der Waals surface area contributed by atoms with Crippen molar-refractivity contribution in [3.63, 3.8) is 0 Å². The molecule has 6 heteroatoms. The number of nitrogens with one attached hydrogen (secondary N) is 1. The molecular formula is C10H17N3O3. The van der Waals surface area contributed by atoms with E-state index in [0.29, 0.717) is 5.70 Å². The molecule has 90 valence electrons. The van der Waals surface area contributed by atoms with Crippen molar-refractivity contribution in [3.05, 3.63) is 11.8 Å². The molecule has 16 heavy (non-hydrogen) atoms. The first-order chi connectivity index (χ1) is 7.54. The average molecular weight is 227 g/mol. The summed E-state index contributed by atoms with van der Waals surface area (Å²) < 4.78 is 4.37. The van der Waals surface area contributed by atoms with E-state index in [2.05, 4.69) is 21.8 Å². The first-order valence-electron chi connectivity index (χ1n) is 4.77. The number of allylic oxidation sites excluding steroid dienone is 1. The summed E-state index contributed by atoms with van der Waals surface area (Å²) in [5.74, 6) is -0.943. The molecule has 6 nitrogen and oxygen atoms in total. The Kier molecular flexibility index (Phi) is 6.78. The number of amides is 1.